The van der Waals surface area contributed by atoms with E-state index in [2.05, 4.69) is 26.1 Å². The number of carboxylic acids is 1. The maximum Gasteiger partial charge on any atom is 0.306 e. The van der Waals surface area contributed by atoms with Crippen molar-refractivity contribution in [3.05, 3.63) is 0 Å². The van der Waals surface area contributed by atoms with Crippen LogP contribution in [0.4, 0.5) is 0 Å². The van der Waals surface area contributed by atoms with Gasteiger partial charge in [0.15, 0.2) is 0 Å². The zero-order valence-electron chi connectivity index (χ0n) is 13.5. The third-order valence-corrected chi connectivity index (χ3v) is 5.47. The van der Waals surface area contributed by atoms with Gasteiger partial charge in [0.2, 0.25) is 5.91 Å². The van der Waals surface area contributed by atoms with Gasteiger partial charge in [0.05, 0.1) is 5.92 Å². The molecule has 2 atom stereocenters. The van der Waals surface area contributed by atoms with Gasteiger partial charge in [0.1, 0.15) is 0 Å². The van der Waals surface area contributed by atoms with E-state index in [9.17, 15) is 9.59 Å². The summed E-state index contributed by atoms with van der Waals surface area (Å²) in [5, 5.41) is 12.2. The average Bonchev–Trinajstić information content (AvgIpc) is 2.41. The first kappa shape index (κ1) is 16.3. The minimum Gasteiger partial charge on any atom is -0.481 e. The molecule has 0 aliphatic heterocycles. The van der Waals surface area contributed by atoms with E-state index in [0.717, 1.165) is 32.1 Å². The number of hydrogen-bond acceptors (Lipinski definition) is 2. The van der Waals surface area contributed by atoms with Gasteiger partial charge in [-0.3, -0.25) is 9.59 Å². The summed E-state index contributed by atoms with van der Waals surface area (Å²) in [6, 6.07) is 0.294. The Balaban J connectivity index is 1.81. The Morgan fingerprint density at radius 2 is 1.62 bits per heavy atom. The van der Waals surface area contributed by atoms with E-state index in [-0.39, 0.29) is 17.7 Å². The van der Waals surface area contributed by atoms with Gasteiger partial charge >= 0.3 is 5.97 Å². The van der Waals surface area contributed by atoms with Gasteiger partial charge < -0.3 is 10.4 Å². The smallest absolute Gasteiger partial charge is 0.306 e. The van der Waals surface area contributed by atoms with Crippen LogP contribution in [0.3, 0.4) is 0 Å². The molecule has 2 saturated carbocycles. The molecular formula is C17H29NO3. The Morgan fingerprint density at radius 1 is 1.05 bits per heavy atom. The molecule has 0 aromatic rings. The molecule has 2 unspecified atom stereocenters. The van der Waals surface area contributed by atoms with E-state index >= 15 is 0 Å². The van der Waals surface area contributed by atoms with Crippen LogP contribution < -0.4 is 5.32 Å². The van der Waals surface area contributed by atoms with Crippen LogP contribution in [-0.4, -0.2) is 23.0 Å². The summed E-state index contributed by atoms with van der Waals surface area (Å²) in [5.41, 5.74) is 0.389. The van der Waals surface area contributed by atoms with E-state index < -0.39 is 5.97 Å². The molecule has 2 aliphatic carbocycles. The summed E-state index contributed by atoms with van der Waals surface area (Å²) < 4.78 is 0. The average molecular weight is 295 g/mol. The van der Waals surface area contributed by atoms with Crippen molar-refractivity contribution in [1.29, 1.82) is 0 Å². The van der Waals surface area contributed by atoms with Crippen molar-refractivity contribution in [3.63, 3.8) is 0 Å². The van der Waals surface area contributed by atoms with Gasteiger partial charge in [0.25, 0.3) is 0 Å². The van der Waals surface area contributed by atoms with Crippen LogP contribution in [0.15, 0.2) is 0 Å². The first-order valence-corrected chi connectivity index (χ1v) is 8.32. The van der Waals surface area contributed by atoms with Crippen LogP contribution in [-0.2, 0) is 9.59 Å². The zero-order chi connectivity index (χ0) is 15.6. The molecule has 2 fully saturated rings. The Kier molecular flexibility index (Phi) is 4.95. The molecule has 0 saturated heterocycles. The van der Waals surface area contributed by atoms with Crippen molar-refractivity contribution in [2.24, 2.45) is 23.2 Å². The normalized spacial score (nSPS) is 36.0. The molecule has 0 aromatic heterocycles. The maximum absolute atomic E-state index is 12.4. The molecule has 1 amide bonds. The highest BCUT2D eigenvalue weighted by atomic mass is 16.4. The Hall–Kier alpha value is -1.06. The van der Waals surface area contributed by atoms with Gasteiger partial charge in [-0.15, -0.1) is 0 Å². The molecule has 2 N–H and O–H groups in total. The van der Waals surface area contributed by atoms with Crippen LogP contribution in [0.25, 0.3) is 0 Å². The second-order valence-electron chi connectivity index (χ2n) is 7.89. The molecule has 4 heteroatoms. The SMILES string of the molecule is CC1CC(C)(C)CCC1NC(=O)C1CCC(C(=O)O)CC1. The Bertz CT molecular complexity index is 397. The fourth-order valence-electron chi connectivity index (χ4n) is 4.06. The van der Waals surface area contributed by atoms with E-state index in [0.29, 0.717) is 30.2 Å². The van der Waals surface area contributed by atoms with E-state index in [4.69, 9.17) is 5.11 Å². The lowest BCUT2D eigenvalue weighted by Gasteiger charge is -2.40. The molecule has 21 heavy (non-hydrogen) atoms. The minimum atomic E-state index is -0.711. The minimum absolute atomic E-state index is 0.0164. The van der Waals surface area contributed by atoms with Crippen molar-refractivity contribution in [2.75, 3.05) is 0 Å². The van der Waals surface area contributed by atoms with Gasteiger partial charge in [-0.1, -0.05) is 20.8 Å². The van der Waals surface area contributed by atoms with Crippen LogP contribution in [0.1, 0.15) is 65.7 Å². The molecule has 2 rings (SSSR count). The summed E-state index contributed by atoms with van der Waals surface area (Å²) in [4.78, 5) is 23.3. The van der Waals surface area contributed by atoms with Gasteiger partial charge in [-0.2, -0.15) is 0 Å². The van der Waals surface area contributed by atoms with Gasteiger partial charge in [0, 0.05) is 12.0 Å². The lowest BCUT2D eigenvalue weighted by atomic mass is 9.70. The fraction of sp³-hybridized carbons (Fsp3) is 0.882. The number of aliphatic carboxylic acids is 1. The van der Waals surface area contributed by atoms with Crippen LogP contribution >= 0.6 is 0 Å². The highest BCUT2D eigenvalue weighted by Crippen LogP contribution is 2.38. The maximum atomic E-state index is 12.4. The zero-order valence-corrected chi connectivity index (χ0v) is 13.5. The van der Waals surface area contributed by atoms with Crippen molar-refractivity contribution in [1.82, 2.24) is 5.32 Å². The number of amides is 1. The largest absolute Gasteiger partial charge is 0.481 e. The van der Waals surface area contributed by atoms with Crippen molar-refractivity contribution in [3.8, 4) is 0 Å². The number of rotatable bonds is 3. The Labute approximate surface area is 127 Å². The number of hydrogen-bond donors (Lipinski definition) is 2. The summed E-state index contributed by atoms with van der Waals surface area (Å²) >= 11 is 0. The van der Waals surface area contributed by atoms with Crippen LogP contribution in [0.2, 0.25) is 0 Å². The third-order valence-electron chi connectivity index (χ3n) is 5.47. The topological polar surface area (TPSA) is 66.4 Å². The predicted molar refractivity (Wildman–Crippen MR) is 81.8 cm³/mol. The quantitative estimate of drug-likeness (QED) is 0.840. The van der Waals surface area contributed by atoms with E-state index in [1.807, 2.05) is 0 Å². The number of nitrogens with one attached hydrogen (secondary N) is 1. The molecular weight excluding hydrogens is 266 g/mol. The molecule has 0 aromatic carbocycles. The number of carbonyl (C=O) groups is 2. The predicted octanol–water partition coefficient (Wildman–Crippen LogP) is 3.21. The summed E-state index contributed by atoms with van der Waals surface area (Å²) in [6.07, 6.45) is 6.09. The van der Waals surface area contributed by atoms with Crippen molar-refractivity contribution in [2.45, 2.75) is 71.8 Å². The fourth-order valence-corrected chi connectivity index (χ4v) is 4.06. The third kappa shape index (κ3) is 4.21. The summed E-state index contributed by atoms with van der Waals surface area (Å²) in [5.74, 6) is -0.272. The van der Waals surface area contributed by atoms with Gasteiger partial charge in [-0.25, -0.2) is 0 Å². The second-order valence-corrected chi connectivity index (χ2v) is 7.89. The monoisotopic (exact) mass is 295 g/mol. The number of carbonyl (C=O) groups excluding carboxylic acids is 1. The molecule has 0 radical (unpaired) electrons. The highest BCUT2D eigenvalue weighted by molar-refractivity contribution is 5.79. The van der Waals surface area contributed by atoms with Gasteiger partial charge in [-0.05, 0) is 56.3 Å². The lowest BCUT2D eigenvalue weighted by molar-refractivity contribution is -0.144. The highest BCUT2D eigenvalue weighted by Gasteiger charge is 2.35. The van der Waals surface area contributed by atoms with E-state index in [1.54, 1.807) is 0 Å². The summed E-state index contributed by atoms with van der Waals surface area (Å²) in [7, 11) is 0. The Morgan fingerprint density at radius 3 is 2.14 bits per heavy atom. The molecule has 0 spiro atoms. The number of carboxylic acid groups (broad SMARTS) is 1. The first-order chi connectivity index (χ1) is 9.78. The van der Waals surface area contributed by atoms with Crippen molar-refractivity contribution >= 4 is 11.9 Å². The lowest BCUT2D eigenvalue weighted by Crippen LogP contribution is -2.47. The van der Waals surface area contributed by atoms with E-state index in [1.165, 1.54) is 0 Å². The first-order valence-electron chi connectivity index (χ1n) is 8.32. The van der Waals surface area contributed by atoms with Crippen LogP contribution in [0.5, 0.6) is 0 Å². The molecule has 0 bridgehead atoms. The second kappa shape index (κ2) is 6.37. The molecule has 2 aliphatic rings. The summed E-state index contributed by atoms with van der Waals surface area (Å²) in [6.45, 7) is 6.83. The molecule has 120 valence electrons. The van der Waals surface area contributed by atoms with Crippen molar-refractivity contribution < 1.29 is 14.7 Å². The standard InChI is InChI=1S/C17H29NO3/c1-11-10-17(2,3)9-8-14(11)18-15(19)12-4-6-13(7-5-12)16(20)21/h11-14H,4-10H2,1-3H3,(H,18,19)(H,20,21). The van der Waals surface area contributed by atoms with Crippen LogP contribution in [0, 0.1) is 23.2 Å². The molecule has 0 heterocycles. The molecule has 4 nitrogen and oxygen atoms in total.